The Morgan fingerprint density at radius 2 is 2.16 bits per heavy atom. The van der Waals surface area contributed by atoms with Gasteiger partial charge in [-0.05, 0) is 24.5 Å². The molecule has 0 aromatic carbocycles. The monoisotopic (exact) mass is 340 g/mol. The molecule has 130 valence electrons. The molecular formula is C18H20N4O3. The molecule has 2 fully saturated rings. The Kier molecular flexibility index (Phi) is 4.67. The number of nitrogens with zero attached hydrogens (tertiary/aromatic N) is 4. The van der Waals surface area contributed by atoms with Gasteiger partial charge in [-0.15, -0.1) is 0 Å². The molecule has 0 N–H and O–H groups in total. The molecule has 1 amide bonds. The molecule has 2 aromatic heterocycles. The van der Waals surface area contributed by atoms with Crippen LogP contribution in [0.25, 0.3) is 0 Å². The van der Waals surface area contributed by atoms with Crippen molar-refractivity contribution in [3.05, 3.63) is 54.4 Å². The Bertz CT molecular complexity index is 713. The molecule has 0 spiro atoms. The van der Waals surface area contributed by atoms with E-state index in [0.717, 1.165) is 18.4 Å². The van der Waals surface area contributed by atoms with E-state index in [1.54, 1.807) is 18.6 Å². The van der Waals surface area contributed by atoms with Crippen LogP contribution in [0.3, 0.4) is 0 Å². The summed E-state index contributed by atoms with van der Waals surface area (Å²) in [6.45, 7) is 1.52. The zero-order valence-electron chi connectivity index (χ0n) is 13.8. The second-order valence-corrected chi connectivity index (χ2v) is 6.28. The molecule has 1 saturated heterocycles. The number of carbonyl (C=O) groups is 1. The first-order chi connectivity index (χ1) is 12.3. The van der Waals surface area contributed by atoms with Gasteiger partial charge in [-0.1, -0.05) is 6.07 Å². The van der Waals surface area contributed by atoms with Gasteiger partial charge in [0.1, 0.15) is 11.8 Å². The van der Waals surface area contributed by atoms with Crippen LogP contribution in [0.5, 0.6) is 0 Å². The van der Waals surface area contributed by atoms with Crippen molar-refractivity contribution in [3.8, 4) is 0 Å². The van der Waals surface area contributed by atoms with Gasteiger partial charge >= 0.3 is 0 Å². The summed E-state index contributed by atoms with van der Waals surface area (Å²) in [6.07, 6.45) is 9.80. The van der Waals surface area contributed by atoms with Crippen molar-refractivity contribution < 1.29 is 14.3 Å². The molecule has 2 aromatic rings. The Labute approximate surface area is 146 Å². The first-order valence-corrected chi connectivity index (χ1v) is 8.52. The van der Waals surface area contributed by atoms with Gasteiger partial charge in [-0.25, -0.2) is 4.98 Å². The van der Waals surface area contributed by atoms with E-state index in [1.807, 2.05) is 17.0 Å². The van der Waals surface area contributed by atoms with E-state index in [0.29, 0.717) is 25.5 Å². The van der Waals surface area contributed by atoms with Crippen LogP contribution >= 0.6 is 0 Å². The minimum Gasteiger partial charge on any atom is -0.374 e. The molecule has 4 rings (SSSR count). The van der Waals surface area contributed by atoms with Gasteiger partial charge in [-0.3, -0.25) is 14.8 Å². The predicted molar refractivity (Wildman–Crippen MR) is 88.6 cm³/mol. The van der Waals surface area contributed by atoms with Gasteiger partial charge in [0.2, 0.25) is 0 Å². The Morgan fingerprint density at radius 1 is 1.24 bits per heavy atom. The standard InChI is InChI=1S/C18H20N4O3/c23-18(14-11-20-6-7-21-14)22-8-9-24-16-4-3-15(22)17(16)25-12-13-2-1-5-19-10-13/h1-2,5-7,10-11,15-17H,3-4,8-9,12H2. The van der Waals surface area contributed by atoms with E-state index in [1.165, 1.54) is 12.4 Å². The zero-order chi connectivity index (χ0) is 17.1. The summed E-state index contributed by atoms with van der Waals surface area (Å²) in [5, 5.41) is 0. The summed E-state index contributed by atoms with van der Waals surface area (Å²) in [6, 6.07) is 3.87. The Balaban J connectivity index is 1.51. The van der Waals surface area contributed by atoms with Gasteiger partial charge in [-0.2, -0.15) is 0 Å². The number of hydrogen-bond donors (Lipinski definition) is 0. The van der Waals surface area contributed by atoms with E-state index < -0.39 is 0 Å². The third kappa shape index (κ3) is 3.38. The number of rotatable bonds is 4. The molecule has 1 aliphatic carbocycles. The van der Waals surface area contributed by atoms with Crippen LogP contribution in [0.1, 0.15) is 28.9 Å². The van der Waals surface area contributed by atoms with Gasteiger partial charge < -0.3 is 14.4 Å². The molecule has 2 bridgehead atoms. The summed E-state index contributed by atoms with van der Waals surface area (Å²) in [7, 11) is 0. The largest absolute Gasteiger partial charge is 0.374 e. The second-order valence-electron chi connectivity index (χ2n) is 6.28. The maximum Gasteiger partial charge on any atom is 0.274 e. The number of ether oxygens (including phenoxy) is 2. The third-order valence-corrected chi connectivity index (χ3v) is 4.77. The summed E-state index contributed by atoms with van der Waals surface area (Å²) in [4.78, 5) is 27.0. The lowest BCUT2D eigenvalue weighted by molar-refractivity contribution is -0.0598. The van der Waals surface area contributed by atoms with Crippen LogP contribution in [0.2, 0.25) is 0 Å². The fourth-order valence-corrected chi connectivity index (χ4v) is 3.59. The molecule has 3 unspecified atom stereocenters. The summed E-state index contributed by atoms with van der Waals surface area (Å²) in [5.41, 5.74) is 1.37. The van der Waals surface area contributed by atoms with Crippen molar-refractivity contribution in [2.24, 2.45) is 0 Å². The van der Waals surface area contributed by atoms with Crippen molar-refractivity contribution in [3.63, 3.8) is 0 Å². The Hall–Kier alpha value is -2.38. The molecule has 3 heterocycles. The molecule has 2 aliphatic rings. The first-order valence-electron chi connectivity index (χ1n) is 8.52. The van der Waals surface area contributed by atoms with Crippen LogP contribution in [0.15, 0.2) is 43.1 Å². The average molecular weight is 340 g/mol. The van der Waals surface area contributed by atoms with Crippen molar-refractivity contribution in [1.29, 1.82) is 0 Å². The highest BCUT2D eigenvalue weighted by atomic mass is 16.5. The van der Waals surface area contributed by atoms with Gasteiger partial charge in [0.25, 0.3) is 5.91 Å². The highest BCUT2D eigenvalue weighted by molar-refractivity contribution is 5.92. The molecule has 1 saturated carbocycles. The fraction of sp³-hybridized carbons (Fsp3) is 0.444. The maximum absolute atomic E-state index is 12.9. The van der Waals surface area contributed by atoms with E-state index in [2.05, 4.69) is 15.0 Å². The highest BCUT2D eigenvalue weighted by Gasteiger charge is 2.45. The zero-order valence-corrected chi connectivity index (χ0v) is 13.8. The minimum absolute atomic E-state index is 0.00122. The summed E-state index contributed by atoms with van der Waals surface area (Å²) < 4.78 is 12.1. The van der Waals surface area contributed by atoms with Crippen LogP contribution in [-0.4, -0.2) is 57.2 Å². The number of fused-ring (bicyclic) bond motifs is 2. The molecule has 25 heavy (non-hydrogen) atoms. The van der Waals surface area contributed by atoms with E-state index in [9.17, 15) is 4.79 Å². The maximum atomic E-state index is 12.9. The van der Waals surface area contributed by atoms with E-state index in [4.69, 9.17) is 9.47 Å². The van der Waals surface area contributed by atoms with Crippen molar-refractivity contribution in [2.75, 3.05) is 13.2 Å². The summed E-state index contributed by atoms with van der Waals surface area (Å²) in [5.74, 6) is -0.112. The number of hydrogen-bond acceptors (Lipinski definition) is 6. The van der Waals surface area contributed by atoms with Crippen LogP contribution in [0.4, 0.5) is 0 Å². The van der Waals surface area contributed by atoms with Crippen molar-refractivity contribution >= 4 is 5.91 Å². The van der Waals surface area contributed by atoms with Crippen LogP contribution in [0, 0.1) is 0 Å². The summed E-state index contributed by atoms with van der Waals surface area (Å²) >= 11 is 0. The smallest absolute Gasteiger partial charge is 0.274 e. The molecule has 1 aliphatic heterocycles. The molecule has 7 nitrogen and oxygen atoms in total. The van der Waals surface area contributed by atoms with Gasteiger partial charge in [0, 0.05) is 31.3 Å². The molecule has 3 atom stereocenters. The lowest BCUT2D eigenvalue weighted by atomic mass is 10.1. The minimum atomic E-state index is -0.136. The third-order valence-electron chi connectivity index (χ3n) is 4.77. The lowest BCUT2D eigenvalue weighted by Crippen LogP contribution is -2.46. The number of aromatic nitrogens is 3. The number of amides is 1. The second kappa shape index (κ2) is 7.25. The molecular weight excluding hydrogens is 320 g/mol. The lowest BCUT2D eigenvalue weighted by Gasteiger charge is -2.31. The fourth-order valence-electron chi connectivity index (χ4n) is 3.59. The van der Waals surface area contributed by atoms with E-state index in [-0.39, 0.29) is 24.2 Å². The average Bonchev–Trinajstić information content (AvgIpc) is 2.96. The normalized spacial score (nSPS) is 25.6. The quantitative estimate of drug-likeness (QED) is 0.839. The topological polar surface area (TPSA) is 77.4 Å². The van der Waals surface area contributed by atoms with Crippen molar-refractivity contribution in [2.45, 2.75) is 37.7 Å². The first kappa shape index (κ1) is 16.1. The number of pyridine rings is 1. The Morgan fingerprint density at radius 3 is 2.96 bits per heavy atom. The predicted octanol–water partition coefficient (Wildman–Crippen LogP) is 1.46. The molecule has 0 radical (unpaired) electrons. The van der Waals surface area contributed by atoms with Gasteiger partial charge in [0.15, 0.2) is 0 Å². The van der Waals surface area contributed by atoms with E-state index >= 15 is 0 Å². The SMILES string of the molecule is O=C(c1cnccn1)N1CCOC2CCC1C2OCc1cccnc1. The van der Waals surface area contributed by atoms with Crippen LogP contribution in [-0.2, 0) is 16.1 Å². The van der Waals surface area contributed by atoms with Crippen molar-refractivity contribution in [1.82, 2.24) is 19.9 Å². The highest BCUT2D eigenvalue weighted by Crippen LogP contribution is 2.33. The number of carbonyl (C=O) groups excluding carboxylic acids is 1. The van der Waals surface area contributed by atoms with Gasteiger partial charge in [0.05, 0.1) is 31.6 Å². The molecule has 7 heteroatoms. The van der Waals surface area contributed by atoms with Crippen LogP contribution < -0.4 is 0 Å².